The van der Waals surface area contributed by atoms with E-state index in [1.807, 2.05) is 48.5 Å². The van der Waals surface area contributed by atoms with Gasteiger partial charge in [-0.25, -0.2) is 0 Å². The number of nitrogens with zero attached hydrogens (tertiary/aromatic N) is 1. The maximum absolute atomic E-state index is 12.8. The molecule has 0 bridgehead atoms. The topological polar surface area (TPSA) is 58.6 Å². The Balaban J connectivity index is 1.31. The van der Waals surface area contributed by atoms with Crippen molar-refractivity contribution in [2.45, 2.75) is 6.42 Å². The molecule has 1 aliphatic heterocycles. The summed E-state index contributed by atoms with van der Waals surface area (Å²) in [5.41, 5.74) is 2.54. The lowest BCUT2D eigenvalue weighted by Crippen LogP contribution is -2.30. The summed E-state index contributed by atoms with van der Waals surface area (Å²) in [6, 6.07) is 24.2. The molecule has 0 atom stereocenters. The third kappa shape index (κ3) is 6.26. The van der Waals surface area contributed by atoms with Gasteiger partial charge in [0.1, 0.15) is 10.1 Å². The third-order valence-electron chi connectivity index (χ3n) is 5.04. The number of amides is 2. The van der Waals surface area contributed by atoms with E-state index in [-0.39, 0.29) is 18.4 Å². The Hall–Kier alpha value is -3.13. The van der Waals surface area contributed by atoms with Crippen LogP contribution in [-0.2, 0) is 16.0 Å². The molecule has 0 aromatic heterocycles. The molecule has 34 heavy (non-hydrogen) atoms. The first-order chi connectivity index (χ1) is 16.5. The van der Waals surface area contributed by atoms with Gasteiger partial charge in [0.25, 0.3) is 11.8 Å². The number of hydrogen-bond acceptors (Lipinski definition) is 5. The van der Waals surface area contributed by atoms with Crippen LogP contribution in [0.1, 0.15) is 11.1 Å². The zero-order chi connectivity index (χ0) is 23.9. The second-order valence-corrected chi connectivity index (χ2v) is 9.54. The van der Waals surface area contributed by atoms with Gasteiger partial charge in [0.05, 0.1) is 15.6 Å². The van der Waals surface area contributed by atoms with Gasteiger partial charge in [-0.3, -0.25) is 14.5 Å². The van der Waals surface area contributed by atoms with Crippen molar-refractivity contribution in [3.05, 3.63) is 99.9 Å². The molecule has 1 aliphatic rings. The van der Waals surface area contributed by atoms with Crippen LogP contribution in [0.2, 0.25) is 5.02 Å². The Bertz CT molecular complexity index is 1230. The maximum Gasteiger partial charge on any atom is 0.266 e. The van der Waals surface area contributed by atoms with Crippen LogP contribution < -0.4 is 10.1 Å². The summed E-state index contributed by atoms with van der Waals surface area (Å²) in [6.45, 7) is 0.402. The lowest BCUT2D eigenvalue weighted by molar-refractivity contribution is -0.122. The minimum atomic E-state index is -0.309. The highest BCUT2D eigenvalue weighted by molar-refractivity contribution is 8.26. The lowest BCUT2D eigenvalue weighted by atomic mass is 10.1. The molecule has 0 radical (unpaired) electrons. The minimum Gasteiger partial charge on any atom is -0.484 e. The van der Waals surface area contributed by atoms with E-state index in [9.17, 15) is 9.59 Å². The first-order valence-corrected chi connectivity index (χ1v) is 12.2. The number of halogens is 1. The molecular weight excluding hydrogens is 488 g/mol. The molecule has 1 N–H and O–H groups in total. The second kappa shape index (κ2) is 11.3. The van der Waals surface area contributed by atoms with Gasteiger partial charge in [-0.05, 0) is 47.9 Å². The summed E-state index contributed by atoms with van der Waals surface area (Å²) >= 11 is 12.8. The average Bonchev–Trinajstić information content (AvgIpc) is 3.11. The van der Waals surface area contributed by atoms with Crippen LogP contribution in [0.15, 0.2) is 83.8 Å². The number of para-hydroxylation sites is 1. The minimum absolute atomic E-state index is 0.0810. The first-order valence-electron chi connectivity index (χ1n) is 10.6. The van der Waals surface area contributed by atoms with E-state index < -0.39 is 0 Å². The van der Waals surface area contributed by atoms with E-state index in [2.05, 4.69) is 5.32 Å². The van der Waals surface area contributed by atoms with Crippen LogP contribution in [-0.4, -0.2) is 34.2 Å². The van der Waals surface area contributed by atoms with E-state index in [0.717, 1.165) is 17.5 Å². The van der Waals surface area contributed by atoms with Crippen LogP contribution >= 0.6 is 35.6 Å². The normalized spacial score (nSPS) is 14.5. The molecular formula is C26H21ClN2O3S2. The molecule has 3 aromatic carbocycles. The van der Waals surface area contributed by atoms with Crippen LogP contribution in [0.3, 0.4) is 0 Å². The molecule has 1 heterocycles. The van der Waals surface area contributed by atoms with Crippen molar-refractivity contribution in [3.63, 3.8) is 0 Å². The Morgan fingerprint density at radius 3 is 2.47 bits per heavy atom. The highest BCUT2D eigenvalue weighted by Crippen LogP contribution is 2.33. The van der Waals surface area contributed by atoms with Crippen molar-refractivity contribution in [2.75, 3.05) is 18.5 Å². The predicted octanol–water partition coefficient (Wildman–Crippen LogP) is 5.80. The van der Waals surface area contributed by atoms with Crippen molar-refractivity contribution in [1.82, 2.24) is 4.90 Å². The average molecular weight is 509 g/mol. The molecule has 3 aromatic rings. The van der Waals surface area contributed by atoms with Gasteiger partial charge in [0, 0.05) is 6.54 Å². The highest BCUT2D eigenvalue weighted by Gasteiger charge is 2.31. The molecule has 8 heteroatoms. The van der Waals surface area contributed by atoms with Gasteiger partial charge in [0.15, 0.2) is 6.61 Å². The molecule has 0 unspecified atom stereocenters. The largest absolute Gasteiger partial charge is 0.484 e. The number of benzene rings is 3. The van der Waals surface area contributed by atoms with Crippen molar-refractivity contribution in [3.8, 4) is 5.75 Å². The molecule has 2 amide bonds. The number of rotatable bonds is 8. The van der Waals surface area contributed by atoms with Gasteiger partial charge in [-0.1, -0.05) is 90.2 Å². The Morgan fingerprint density at radius 1 is 1.03 bits per heavy atom. The van der Waals surface area contributed by atoms with Gasteiger partial charge in [0.2, 0.25) is 0 Å². The molecule has 0 aliphatic carbocycles. The number of thioether (sulfide) groups is 1. The number of anilines is 1. The van der Waals surface area contributed by atoms with Gasteiger partial charge in [-0.15, -0.1) is 0 Å². The van der Waals surface area contributed by atoms with E-state index in [0.29, 0.717) is 32.2 Å². The molecule has 1 saturated heterocycles. The molecule has 1 fully saturated rings. The van der Waals surface area contributed by atoms with Crippen LogP contribution in [0, 0.1) is 0 Å². The molecule has 5 nitrogen and oxygen atoms in total. The quantitative estimate of drug-likeness (QED) is 0.308. The van der Waals surface area contributed by atoms with Crippen LogP contribution in [0.5, 0.6) is 5.75 Å². The fourth-order valence-corrected chi connectivity index (χ4v) is 4.78. The predicted molar refractivity (Wildman–Crippen MR) is 142 cm³/mol. The zero-order valence-corrected chi connectivity index (χ0v) is 20.5. The van der Waals surface area contributed by atoms with Crippen molar-refractivity contribution >= 4 is 63.5 Å². The monoisotopic (exact) mass is 508 g/mol. The first kappa shape index (κ1) is 24.0. The number of carbonyl (C=O) groups is 2. The summed E-state index contributed by atoms with van der Waals surface area (Å²) in [7, 11) is 0. The molecule has 0 saturated carbocycles. The molecule has 4 rings (SSSR count). The van der Waals surface area contributed by atoms with Crippen LogP contribution in [0.4, 0.5) is 5.69 Å². The van der Waals surface area contributed by atoms with Crippen molar-refractivity contribution in [2.24, 2.45) is 0 Å². The number of carbonyl (C=O) groups excluding carboxylic acids is 2. The third-order valence-corrected chi connectivity index (χ3v) is 6.74. The zero-order valence-electron chi connectivity index (χ0n) is 18.1. The summed E-state index contributed by atoms with van der Waals surface area (Å²) in [4.78, 5) is 27.2. The van der Waals surface area contributed by atoms with Crippen molar-refractivity contribution in [1.29, 1.82) is 0 Å². The van der Waals surface area contributed by atoms with E-state index >= 15 is 0 Å². The SMILES string of the molecule is O=C(COc1ccc(/C=C2\SC(=S)N(CCc3ccccc3)C2=O)cc1)Nc1ccccc1Cl. The van der Waals surface area contributed by atoms with E-state index in [1.54, 1.807) is 41.3 Å². The van der Waals surface area contributed by atoms with E-state index in [1.165, 1.54) is 11.8 Å². The van der Waals surface area contributed by atoms with Crippen molar-refractivity contribution < 1.29 is 14.3 Å². The summed E-state index contributed by atoms with van der Waals surface area (Å²) in [5, 5.41) is 3.18. The van der Waals surface area contributed by atoms with Gasteiger partial charge >= 0.3 is 0 Å². The molecule has 172 valence electrons. The highest BCUT2D eigenvalue weighted by atomic mass is 35.5. The Labute approximate surface area is 212 Å². The number of nitrogens with one attached hydrogen (secondary N) is 1. The summed E-state index contributed by atoms with van der Waals surface area (Å²) in [5.74, 6) is 0.153. The smallest absolute Gasteiger partial charge is 0.266 e. The van der Waals surface area contributed by atoms with Gasteiger partial charge in [-0.2, -0.15) is 0 Å². The molecule has 0 spiro atoms. The standard InChI is InChI=1S/C26H21ClN2O3S2/c27-21-8-4-5-9-22(21)28-24(30)17-32-20-12-10-19(11-13-20)16-23-25(31)29(26(33)34-23)15-14-18-6-2-1-3-7-18/h1-13,16H,14-15,17H2,(H,28,30)/b23-16-. The van der Waals surface area contributed by atoms with Gasteiger partial charge < -0.3 is 10.1 Å². The summed E-state index contributed by atoms with van der Waals surface area (Å²) < 4.78 is 6.12. The maximum atomic E-state index is 12.8. The Kier molecular flexibility index (Phi) is 8.00. The van der Waals surface area contributed by atoms with Crippen LogP contribution in [0.25, 0.3) is 6.08 Å². The fourth-order valence-electron chi connectivity index (χ4n) is 3.29. The lowest BCUT2D eigenvalue weighted by Gasteiger charge is -2.14. The number of hydrogen-bond donors (Lipinski definition) is 1. The second-order valence-electron chi connectivity index (χ2n) is 7.45. The number of thiocarbonyl (C=S) groups is 1. The Morgan fingerprint density at radius 2 is 1.74 bits per heavy atom. The fraction of sp³-hybridized carbons (Fsp3) is 0.115. The number of ether oxygens (including phenoxy) is 1. The summed E-state index contributed by atoms with van der Waals surface area (Å²) in [6.07, 6.45) is 2.56. The van der Waals surface area contributed by atoms with E-state index in [4.69, 9.17) is 28.6 Å².